The zero-order valence-corrected chi connectivity index (χ0v) is 17.8. The maximum atomic E-state index is 13.2. The second-order valence-electron chi connectivity index (χ2n) is 7.47. The number of imidazole rings is 1. The summed E-state index contributed by atoms with van der Waals surface area (Å²) in [7, 11) is 1.88. The van der Waals surface area contributed by atoms with Crippen molar-refractivity contribution in [1.82, 2.24) is 14.3 Å². The predicted molar refractivity (Wildman–Crippen MR) is 118 cm³/mol. The van der Waals surface area contributed by atoms with Crippen LogP contribution in [-0.4, -0.2) is 27.2 Å². The van der Waals surface area contributed by atoms with E-state index in [4.69, 9.17) is 0 Å². The van der Waals surface area contributed by atoms with Crippen LogP contribution in [0.1, 0.15) is 39.7 Å². The first-order valence-electron chi connectivity index (χ1n) is 9.80. The molecule has 0 saturated heterocycles. The first-order chi connectivity index (χ1) is 14.0. The maximum Gasteiger partial charge on any atom is 0.223 e. The molecule has 0 atom stereocenters. The minimum absolute atomic E-state index is 0.0438. The van der Waals surface area contributed by atoms with Gasteiger partial charge in [0, 0.05) is 30.5 Å². The molecule has 5 heteroatoms. The second-order valence-corrected chi connectivity index (χ2v) is 8.68. The van der Waals surface area contributed by atoms with E-state index in [9.17, 15) is 4.79 Å². The number of hydrogen-bond acceptors (Lipinski definition) is 3. The van der Waals surface area contributed by atoms with Crippen LogP contribution in [0.25, 0.3) is 4.96 Å². The molecule has 148 valence electrons. The molecule has 0 saturated carbocycles. The van der Waals surface area contributed by atoms with Crippen molar-refractivity contribution in [2.75, 3.05) is 7.05 Å². The van der Waals surface area contributed by atoms with E-state index >= 15 is 0 Å². The summed E-state index contributed by atoms with van der Waals surface area (Å²) in [6.07, 6.45) is 2.54. The summed E-state index contributed by atoms with van der Waals surface area (Å²) in [5.74, 6) is 0.173. The number of nitrogens with zero attached hydrogens (tertiary/aromatic N) is 3. The lowest BCUT2D eigenvalue weighted by Crippen LogP contribution is -2.28. The highest BCUT2D eigenvalue weighted by Gasteiger charge is 2.22. The van der Waals surface area contributed by atoms with Crippen molar-refractivity contribution in [3.63, 3.8) is 0 Å². The van der Waals surface area contributed by atoms with Crippen molar-refractivity contribution in [2.45, 2.75) is 32.7 Å². The molecule has 2 heterocycles. The molecule has 4 nitrogen and oxygen atoms in total. The SMILES string of the molecule is Cc1cn2c(CN(C)C(=O)CC(c3ccccc3)c3ccccc3)c(C)nc2s1. The number of carbonyl (C=O) groups excluding carboxylic acids is 1. The van der Waals surface area contributed by atoms with Crippen LogP contribution in [0.5, 0.6) is 0 Å². The van der Waals surface area contributed by atoms with Crippen LogP contribution in [0.3, 0.4) is 0 Å². The van der Waals surface area contributed by atoms with Crippen LogP contribution in [-0.2, 0) is 11.3 Å². The maximum absolute atomic E-state index is 13.2. The Kier molecular flexibility index (Phi) is 5.49. The van der Waals surface area contributed by atoms with Gasteiger partial charge in [-0.15, -0.1) is 11.3 Å². The molecular weight excluding hydrogens is 378 g/mol. The predicted octanol–water partition coefficient (Wildman–Crippen LogP) is 5.19. The smallest absolute Gasteiger partial charge is 0.223 e. The summed E-state index contributed by atoms with van der Waals surface area (Å²) in [5, 5.41) is 0. The van der Waals surface area contributed by atoms with Crippen molar-refractivity contribution >= 4 is 22.2 Å². The third-order valence-corrected chi connectivity index (χ3v) is 6.23. The average molecular weight is 404 g/mol. The summed E-state index contributed by atoms with van der Waals surface area (Å²) < 4.78 is 2.12. The average Bonchev–Trinajstić information content (AvgIpc) is 3.23. The van der Waals surface area contributed by atoms with Gasteiger partial charge in [0.1, 0.15) is 0 Å². The van der Waals surface area contributed by atoms with E-state index in [0.29, 0.717) is 13.0 Å². The van der Waals surface area contributed by atoms with Crippen LogP contribution in [0.2, 0.25) is 0 Å². The van der Waals surface area contributed by atoms with Gasteiger partial charge in [-0.05, 0) is 25.0 Å². The molecule has 0 fully saturated rings. The van der Waals surface area contributed by atoms with E-state index in [1.54, 1.807) is 11.3 Å². The Bertz CT molecular complexity index is 1080. The molecule has 0 unspecified atom stereocenters. The molecule has 1 amide bonds. The van der Waals surface area contributed by atoms with Crippen molar-refractivity contribution in [1.29, 1.82) is 0 Å². The number of fused-ring (bicyclic) bond motifs is 1. The lowest BCUT2D eigenvalue weighted by atomic mass is 9.88. The highest BCUT2D eigenvalue weighted by Crippen LogP contribution is 2.29. The Morgan fingerprint density at radius 2 is 1.62 bits per heavy atom. The molecular formula is C24H25N3OS. The fourth-order valence-electron chi connectivity index (χ4n) is 3.74. The topological polar surface area (TPSA) is 37.6 Å². The van der Waals surface area contributed by atoms with Crippen LogP contribution >= 0.6 is 11.3 Å². The number of aryl methyl sites for hydroxylation is 2. The number of thiazole rings is 1. The number of carbonyl (C=O) groups is 1. The van der Waals surface area contributed by atoms with Gasteiger partial charge >= 0.3 is 0 Å². The van der Waals surface area contributed by atoms with Gasteiger partial charge in [-0.3, -0.25) is 9.20 Å². The first-order valence-corrected chi connectivity index (χ1v) is 10.6. The van der Waals surface area contributed by atoms with E-state index in [1.165, 1.54) is 4.88 Å². The van der Waals surface area contributed by atoms with E-state index < -0.39 is 0 Å². The highest BCUT2D eigenvalue weighted by molar-refractivity contribution is 7.17. The lowest BCUT2D eigenvalue weighted by molar-refractivity contribution is -0.130. The minimum atomic E-state index is 0.0438. The number of amides is 1. The van der Waals surface area contributed by atoms with Gasteiger partial charge in [0.25, 0.3) is 0 Å². The van der Waals surface area contributed by atoms with Gasteiger partial charge in [-0.25, -0.2) is 4.98 Å². The van der Waals surface area contributed by atoms with Gasteiger partial charge in [0.15, 0.2) is 4.96 Å². The molecule has 0 bridgehead atoms. The molecule has 4 aromatic rings. The number of hydrogen-bond donors (Lipinski definition) is 0. The van der Waals surface area contributed by atoms with Gasteiger partial charge < -0.3 is 4.90 Å². The summed E-state index contributed by atoms with van der Waals surface area (Å²) in [5.41, 5.74) is 4.39. The molecule has 0 spiro atoms. The fourth-order valence-corrected chi connectivity index (χ4v) is 4.63. The Labute approximate surface area is 175 Å². The quantitative estimate of drug-likeness (QED) is 0.444. The van der Waals surface area contributed by atoms with Gasteiger partial charge in [-0.2, -0.15) is 0 Å². The Morgan fingerprint density at radius 3 is 2.21 bits per heavy atom. The molecule has 2 aromatic carbocycles. The standard InChI is InChI=1S/C24H25N3OS/c1-17-15-27-22(18(2)25-24(27)29-17)16-26(3)23(28)14-21(19-10-6-4-7-11-19)20-12-8-5-9-13-20/h4-13,15,21H,14,16H2,1-3H3. The Balaban J connectivity index is 1.56. The number of aromatic nitrogens is 2. The van der Waals surface area contributed by atoms with Crippen LogP contribution < -0.4 is 0 Å². The minimum Gasteiger partial charge on any atom is -0.340 e. The molecule has 2 aromatic heterocycles. The lowest BCUT2D eigenvalue weighted by Gasteiger charge is -2.22. The molecule has 4 rings (SSSR count). The van der Waals surface area contributed by atoms with Gasteiger partial charge in [-0.1, -0.05) is 60.7 Å². The van der Waals surface area contributed by atoms with Crippen LogP contribution in [0.4, 0.5) is 0 Å². The van der Waals surface area contributed by atoms with Crippen LogP contribution in [0.15, 0.2) is 66.9 Å². The van der Waals surface area contributed by atoms with Gasteiger partial charge in [0.2, 0.25) is 5.91 Å². The number of rotatable bonds is 6. The highest BCUT2D eigenvalue weighted by atomic mass is 32.1. The first kappa shape index (κ1) is 19.4. The molecule has 0 radical (unpaired) electrons. The third-order valence-electron chi connectivity index (χ3n) is 5.34. The van der Waals surface area contributed by atoms with E-state index in [2.05, 4.69) is 46.8 Å². The zero-order valence-electron chi connectivity index (χ0n) is 17.0. The number of benzene rings is 2. The monoisotopic (exact) mass is 403 g/mol. The molecule has 0 aliphatic rings. The summed E-state index contributed by atoms with van der Waals surface area (Å²) in [6, 6.07) is 20.6. The fraction of sp³-hybridized carbons (Fsp3) is 0.250. The summed E-state index contributed by atoms with van der Waals surface area (Å²) in [6.45, 7) is 4.65. The Morgan fingerprint density at radius 1 is 1.03 bits per heavy atom. The van der Waals surface area contributed by atoms with E-state index in [0.717, 1.165) is 27.5 Å². The van der Waals surface area contributed by atoms with Crippen molar-refractivity contribution in [2.24, 2.45) is 0 Å². The van der Waals surface area contributed by atoms with E-state index in [1.807, 2.05) is 55.3 Å². The molecule has 0 aliphatic heterocycles. The Hall–Kier alpha value is -2.92. The normalized spacial score (nSPS) is 11.3. The molecule has 29 heavy (non-hydrogen) atoms. The third kappa shape index (κ3) is 4.10. The second kappa shape index (κ2) is 8.21. The van der Waals surface area contributed by atoms with Crippen LogP contribution in [0, 0.1) is 13.8 Å². The largest absolute Gasteiger partial charge is 0.340 e. The van der Waals surface area contributed by atoms with Crippen molar-refractivity contribution in [3.8, 4) is 0 Å². The molecule has 0 aliphatic carbocycles. The summed E-state index contributed by atoms with van der Waals surface area (Å²) in [4.78, 5) is 21.9. The zero-order chi connectivity index (χ0) is 20.4. The van der Waals surface area contributed by atoms with Gasteiger partial charge in [0.05, 0.1) is 17.9 Å². The van der Waals surface area contributed by atoms with E-state index in [-0.39, 0.29) is 11.8 Å². The molecule has 0 N–H and O–H groups in total. The summed E-state index contributed by atoms with van der Waals surface area (Å²) >= 11 is 1.68. The van der Waals surface area contributed by atoms with Crippen molar-refractivity contribution in [3.05, 3.63) is 94.3 Å². The van der Waals surface area contributed by atoms with Crippen molar-refractivity contribution < 1.29 is 4.79 Å².